The summed E-state index contributed by atoms with van der Waals surface area (Å²) in [6, 6.07) is 2.20. The normalized spacial score (nSPS) is 12.1. The van der Waals surface area contributed by atoms with Crippen molar-refractivity contribution in [2.45, 2.75) is 44.6 Å². The Hall–Kier alpha value is -0.810. The topological polar surface area (TPSA) is 37.8 Å². The molecule has 0 atom stereocenters. The zero-order valence-corrected chi connectivity index (χ0v) is 13.8. The Morgan fingerprint density at radius 2 is 2.05 bits per heavy atom. The highest BCUT2D eigenvalue weighted by molar-refractivity contribution is 7.99. The van der Waals surface area contributed by atoms with Crippen LogP contribution < -0.4 is 5.32 Å². The van der Waals surface area contributed by atoms with Gasteiger partial charge in [-0.3, -0.25) is 0 Å². The monoisotopic (exact) mass is 295 g/mol. The van der Waals surface area contributed by atoms with Crippen molar-refractivity contribution in [3.8, 4) is 0 Å². The van der Waals surface area contributed by atoms with E-state index in [2.05, 4.69) is 44.1 Å². The van der Waals surface area contributed by atoms with Gasteiger partial charge in [-0.2, -0.15) is 0 Å². The fraction of sp³-hybridized carbons (Fsp3) is 0.571. The van der Waals surface area contributed by atoms with Crippen molar-refractivity contribution in [3.05, 3.63) is 16.8 Å². The Bertz CT molecular complexity index is 570. The van der Waals surface area contributed by atoms with Crippen LogP contribution in [0.3, 0.4) is 0 Å². The lowest BCUT2D eigenvalue weighted by Gasteiger charge is -2.16. The molecule has 0 saturated heterocycles. The highest BCUT2D eigenvalue weighted by Gasteiger charge is 2.14. The van der Waals surface area contributed by atoms with Gasteiger partial charge < -0.3 is 5.32 Å². The predicted molar refractivity (Wildman–Crippen MR) is 87.4 cm³/mol. The van der Waals surface area contributed by atoms with Crippen molar-refractivity contribution in [2.75, 3.05) is 12.4 Å². The molecule has 2 aromatic rings. The first-order valence-corrected chi connectivity index (χ1v) is 8.34. The third-order valence-corrected chi connectivity index (χ3v) is 5.15. The number of rotatable bonds is 4. The minimum Gasteiger partial charge on any atom is -0.372 e. The number of aromatic nitrogens is 2. The Kier molecular flexibility index (Phi) is 4.36. The average Bonchev–Trinajstić information content (AvgIpc) is 2.77. The zero-order chi connectivity index (χ0) is 14.0. The van der Waals surface area contributed by atoms with Gasteiger partial charge in [0.2, 0.25) is 0 Å². The summed E-state index contributed by atoms with van der Waals surface area (Å²) in [5.41, 5.74) is 0. The SMILES string of the molecule is CCc1cc2c(NC)nc(CSC(C)(C)C)nc2s1. The van der Waals surface area contributed by atoms with E-state index in [0.717, 1.165) is 34.0 Å². The van der Waals surface area contributed by atoms with E-state index in [-0.39, 0.29) is 4.75 Å². The molecule has 1 N–H and O–H groups in total. The van der Waals surface area contributed by atoms with Crippen molar-refractivity contribution >= 4 is 39.1 Å². The van der Waals surface area contributed by atoms with Gasteiger partial charge in [0.15, 0.2) is 0 Å². The molecule has 0 spiro atoms. The quantitative estimate of drug-likeness (QED) is 0.911. The number of thioether (sulfide) groups is 1. The number of hydrogen-bond acceptors (Lipinski definition) is 5. The first-order chi connectivity index (χ1) is 8.93. The standard InChI is InChI=1S/C14H21N3S2/c1-6-9-7-10-12(15-5)16-11(17-13(10)19-9)8-18-14(2,3)4/h7H,6,8H2,1-5H3,(H,15,16,17). The van der Waals surface area contributed by atoms with E-state index >= 15 is 0 Å². The molecule has 2 rings (SSSR count). The maximum absolute atomic E-state index is 4.70. The van der Waals surface area contributed by atoms with Crippen molar-refractivity contribution in [1.29, 1.82) is 0 Å². The molecular formula is C14H21N3S2. The van der Waals surface area contributed by atoms with Crippen LogP contribution in [0.4, 0.5) is 5.82 Å². The van der Waals surface area contributed by atoms with Crippen molar-refractivity contribution in [2.24, 2.45) is 0 Å². The second kappa shape index (κ2) is 5.67. The van der Waals surface area contributed by atoms with Crippen LogP contribution in [0.5, 0.6) is 0 Å². The van der Waals surface area contributed by atoms with Crippen LogP contribution in [0.15, 0.2) is 6.07 Å². The van der Waals surface area contributed by atoms with Gasteiger partial charge in [-0.15, -0.1) is 23.1 Å². The highest BCUT2D eigenvalue weighted by atomic mass is 32.2. The number of aryl methyl sites for hydroxylation is 1. The molecule has 0 amide bonds. The molecule has 19 heavy (non-hydrogen) atoms. The highest BCUT2D eigenvalue weighted by Crippen LogP contribution is 2.31. The summed E-state index contributed by atoms with van der Waals surface area (Å²) in [6.07, 6.45) is 1.05. The Morgan fingerprint density at radius 3 is 2.63 bits per heavy atom. The summed E-state index contributed by atoms with van der Waals surface area (Å²) < 4.78 is 0.238. The van der Waals surface area contributed by atoms with Gasteiger partial charge in [0.05, 0.1) is 11.1 Å². The van der Waals surface area contributed by atoms with E-state index in [1.807, 2.05) is 18.8 Å². The van der Waals surface area contributed by atoms with Crippen LogP contribution in [0.2, 0.25) is 0 Å². The summed E-state index contributed by atoms with van der Waals surface area (Å²) in [7, 11) is 1.92. The van der Waals surface area contributed by atoms with E-state index in [4.69, 9.17) is 4.98 Å². The van der Waals surface area contributed by atoms with Crippen LogP contribution in [-0.2, 0) is 12.2 Å². The zero-order valence-electron chi connectivity index (χ0n) is 12.2. The maximum atomic E-state index is 4.70. The van der Waals surface area contributed by atoms with Crippen LogP contribution in [0.1, 0.15) is 38.4 Å². The first kappa shape index (κ1) is 14.6. The Labute approximate surface area is 123 Å². The fourth-order valence-electron chi connectivity index (χ4n) is 1.73. The Morgan fingerprint density at radius 1 is 1.32 bits per heavy atom. The van der Waals surface area contributed by atoms with E-state index < -0.39 is 0 Å². The summed E-state index contributed by atoms with van der Waals surface area (Å²) in [5, 5.41) is 4.34. The van der Waals surface area contributed by atoms with Gasteiger partial charge in [0, 0.05) is 16.7 Å². The lowest BCUT2D eigenvalue weighted by atomic mass is 10.3. The van der Waals surface area contributed by atoms with Gasteiger partial charge in [-0.25, -0.2) is 9.97 Å². The predicted octanol–water partition coefficient (Wildman–Crippen LogP) is 4.33. The smallest absolute Gasteiger partial charge is 0.142 e. The molecule has 0 fully saturated rings. The fourth-order valence-corrected chi connectivity index (χ4v) is 3.40. The number of nitrogens with zero attached hydrogens (tertiary/aromatic N) is 2. The van der Waals surface area contributed by atoms with Gasteiger partial charge in [0.25, 0.3) is 0 Å². The minimum absolute atomic E-state index is 0.238. The number of thiophene rings is 1. The molecule has 0 unspecified atom stereocenters. The summed E-state index contributed by atoms with van der Waals surface area (Å²) in [5.74, 6) is 2.72. The van der Waals surface area contributed by atoms with Crippen LogP contribution >= 0.6 is 23.1 Å². The largest absolute Gasteiger partial charge is 0.372 e. The molecule has 0 saturated carbocycles. The van der Waals surface area contributed by atoms with Gasteiger partial charge in [-0.05, 0) is 12.5 Å². The third-order valence-electron chi connectivity index (χ3n) is 2.71. The van der Waals surface area contributed by atoms with Crippen LogP contribution in [0, 0.1) is 0 Å². The molecular weight excluding hydrogens is 274 g/mol. The van der Waals surface area contributed by atoms with Crippen LogP contribution in [-0.4, -0.2) is 21.8 Å². The lowest BCUT2D eigenvalue weighted by Crippen LogP contribution is -2.09. The molecule has 0 aromatic carbocycles. The molecule has 0 aliphatic heterocycles. The first-order valence-electron chi connectivity index (χ1n) is 6.54. The number of fused-ring (bicyclic) bond motifs is 1. The summed E-state index contributed by atoms with van der Waals surface area (Å²) in [4.78, 5) is 11.8. The summed E-state index contributed by atoms with van der Waals surface area (Å²) in [6.45, 7) is 8.83. The minimum atomic E-state index is 0.238. The number of nitrogens with one attached hydrogen (secondary N) is 1. The lowest BCUT2D eigenvalue weighted by molar-refractivity contribution is 0.800. The molecule has 2 aromatic heterocycles. The second-order valence-corrected chi connectivity index (χ2v) is 8.34. The number of hydrogen-bond donors (Lipinski definition) is 1. The number of anilines is 1. The van der Waals surface area contributed by atoms with E-state index in [0.29, 0.717) is 0 Å². The van der Waals surface area contributed by atoms with E-state index in [1.54, 1.807) is 11.3 Å². The molecule has 0 radical (unpaired) electrons. The van der Waals surface area contributed by atoms with Gasteiger partial charge in [-0.1, -0.05) is 27.7 Å². The molecule has 2 heterocycles. The molecule has 5 heteroatoms. The second-order valence-electron chi connectivity index (χ2n) is 5.42. The molecule has 104 valence electrons. The van der Waals surface area contributed by atoms with Crippen molar-refractivity contribution < 1.29 is 0 Å². The maximum Gasteiger partial charge on any atom is 0.142 e. The molecule has 0 aliphatic carbocycles. The van der Waals surface area contributed by atoms with Crippen molar-refractivity contribution in [3.63, 3.8) is 0 Å². The molecule has 0 bridgehead atoms. The van der Waals surface area contributed by atoms with Crippen LogP contribution in [0.25, 0.3) is 10.2 Å². The molecule has 0 aliphatic rings. The Balaban J connectivity index is 2.35. The van der Waals surface area contributed by atoms with Gasteiger partial charge in [0.1, 0.15) is 16.5 Å². The average molecular weight is 295 g/mol. The van der Waals surface area contributed by atoms with Crippen molar-refractivity contribution in [1.82, 2.24) is 9.97 Å². The summed E-state index contributed by atoms with van der Waals surface area (Å²) >= 11 is 3.65. The van der Waals surface area contributed by atoms with E-state index in [1.165, 1.54) is 4.88 Å². The van der Waals surface area contributed by atoms with E-state index in [9.17, 15) is 0 Å². The van der Waals surface area contributed by atoms with Gasteiger partial charge >= 0.3 is 0 Å². The third kappa shape index (κ3) is 3.60. The molecule has 3 nitrogen and oxygen atoms in total.